The fourth-order valence-electron chi connectivity index (χ4n) is 4.01. The summed E-state index contributed by atoms with van der Waals surface area (Å²) in [4.78, 5) is 22.3. The van der Waals surface area contributed by atoms with Crippen molar-refractivity contribution in [3.05, 3.63) is 63.4 Å². The molecule has 0 atom stereocenters. The minimum Gasteiger partial charge on any atom is -0.369 e. The highest BCUT2D eigenvalue weighted by molar-refractivity contribution is 6.30. The number of fused-ring (bicyclic) bond motifs is 1. The summed E-state index contributed by atoms with van der Waals surface area (Å²) in [5.41, 5.74) is 8.30. The first-order valence-electron chi connectivity index (χ1n) is 10.4. The van der Waals surface area contributed by atoms with Crippen LogP contribution in [0.25, 0.3) is 10.9 Å². The van der Waals surface area contributed by atoms with Gasteiger partial charge in [-0.05, 0) is 55.5 Å². The Hall–Kier alpha value is -2.97. The van der Waals surface area contributed by atoms with Crippen LogP contribution in [-0.2, 0) is 6.42 Å². The number of nitro benzene ring substituents is 1. The summed E-state index contributed by atoms with van der Waals surface area (Å²) in [6, 6.07) is 11.1. The van der Waals surface area contributed by atoms with E-state index in [-0.39, 0.29) is 10.6 Å². The van der Waals surface area contributed by atoms with Crippen molar-refractivity contribution in [2.45, 2.75) is 19.3 Å². The average molecular weight is 441 g/mol. The molecule has 0 saturated carbocycles. The van der Waals surface area contributed by atoms with Crippen LogP contribution in [0.2, 0.25) is 5.02 Å². The first kappa shape index (κ1) is 21.3. The second-order valence-electron chi connectivity index (χ2n) is 7.81. The van der Waals surface area contributed by atoms with E-state index >= 15 is 0 Å². The first-order chi connectivity index (χ1) is 15.0. The highest BCUT2D eigenvalue weighted by Gasteiger charge is 2.26. The minimum absolute atomic E-state index is 0.0780. The van der Waals surface area contributed by atoms with E-state index in [0.29, 0.717) is 46.4 Å². The maximum absolute atomic E-state index is 11.9. The highest BCUT2D eigenvalue weighted by atomic mass is 35.5. The Balaban J connectivity index is 1.57. The number of nitro groups is 1. The van der Waals surface area contributed by atoms with E-state index in [0.717, 1.165) is 37.9 Å². The largest absolute Gasteiger partial charge is 0.369 e. The Morgan fingerprint density at radius 1 is 1.19 bits per heavy atom. The van der Waals surface area contributed by atoms with Gasteiger partial charge in [-0.3, -0.25) is 10.1 Å². The lowest BCUT2D eigenvalue weighted by Gasteiger charge is -2.32. The van der Waals surface area contributed by atoms with Gasteiger partial charge in [0.05, 0.1) is 10.4 Å². The van der Waals surface area contributed by atoms with Gasteiger partial charge in [-0.25, -0.2) is 9.97 Å². The quantitative estimate of drug-likeness (QED) is 0.421. The molecule has 162 valence electrons. The zero-order valence-electron chi connectivity index (χ0n) is 17.1. The van der Waals surface area contributed by atoms with Crippen LogP contribution >= 0.6 is 11.6 Å². The fraction of sp³-hybridized carbons (Fsp3) is 0.364. The standard InChI is InChI=1S/C22H25ClN6O2/c23-17-3-1-15(2-4-17)5-8-25-22-18-11-21(29(30)31)20(12-19(18)26-14-27-22)28-9-6-16(13-24)7-10-28/h1-4,11-12,14,16H,5-10,13,24H2,(H,25,26,27). The van der Waals surface area contributed by atoms with Crippen molar-refractivity contribution in [2.75, 3.05) is 36.4 Å². The van der Waals surface area contributed by atoms with Crippen molar-refractivity contribution >= 4 is 39.7 Å². The molecule has 2 heterocycles. The number of benzene rings is 2. The number of hydrogen-bond acceptors (Lipinski definition) is 7. The van der Waals surface area contributed by atoms with Crippen LogP contribution in [0.3, 0.4) is 0 Å². The summed E-state index contributed by atoms with van der Waals surface area (Å²) >= 11 is 5.93. The van der Waals surface area contributed by atoms with Crippen LogP contribution in [0, 0.1) is 16.0 Å². The number of nitrogens with one attached hydrogen (secondary N) is 1. The summed E-state index contributed by atoms with van der Waals surface area (Å²) in [6.07, 6.45) is 4.14. The third kappa shape index (κ3) is 4.86. The molecule has 9 heteroatoms. The van der Waals surface area contributed by atoms with E-state index in [1.54, 1.807) is 6.07 Å². The van der Waals surface area contributed by atoms with E-state index in [9.17, 15) is 10.1 Å². The summed E-state index contributed by atoms with van der Waals surface area (Å²) < 4.78 is 0. The van der Waals surface area contributed by atoms with Gasteiger partial charge in [-0.15, -0.1) is 0 Å². The molecular weight excluding hydrogens is 416 g/mol. The number of anilines is 2. The van der Waals surface area contributed by atoms with Gasteiger partial charge >= 0.3 is 0 Å². The molecule has 0 aliphatic carbocycles. The van der Waals surface area contributed by atoms with Gasteiger partial charge in [-0.1, -0.05) is 23.7 Å². The SMILES string of the molecule is NCC1CCN(c2cc3ncnc(NCCc4ccc(Cl)cc4)c3cc2[N+](=O)[O-])CC1. The molecule has 1 fully saturated rings. The molecule has 0 spiro atoms. The molecule has 2 aromatic carbocycles. The number of nitrogens with two attached hydrogens (primary N) is 1. The molecule has 1 aromatic heterocycles. The molecule has 1 saturated heterocycles. The number of nitrogens with zero attached hydrogens (tertiary/aromatic N) is 4. The van der Waals surface area contributed by atoms with Gasteiger partial charge in [0, 0.05) is 36.1 Å². The molecule has 8 nitrogen and oxygen atoms in total. The normalized spacial score (nSPS) is 14.7. The predicted molar refractivity (Wildman–Crippen MR) is 124 cm³/mol. The van der Waals surface area contributed by atoms with Gasteiger partial charge in [0.15, 0.2) is 0 Å². The fourth-order valence-corrected chi connectivity index (χ4v) is 4.13. The zero-order chi connectivity index (χ0) is 21.8. The van der Waals surface area contributed by atoms with E-state index in [1.165, 1.54) is 6.33 Å². The van der Waals surface area contributed by atoms with Gasteiger partial charge in [0.25, 0.3) is 5.69 Å². The van der Waals surface area contributed by atoms with Crippen LogP contribution in [0.4, 0.5) is 17.2 Å². The summed E-state index contributed by atoms with van der Waals surface area (Å²) in [7, 11) is 0. The Morgan fingerprint density at radius 3 is 2.61 bits per heavy atom. The second kappa shape index (κ2) is 9.45. The van der Waals surface area contributed by atoms with Crippen LogP contribution in [0.15, 0.2) is 42.7 Å². The van der Waals surface area contributed by atoms with Crippen molar-refractivity contribution < 1.29 is 4.92 Å². The second-order valence-corrected chi connectivity index (χ2v) is 8.24. The van der Waals surface area contributed by atoms with E-state index in [1.807, 2.05) is 30.3 Å². The molecule has 1 aliphatic heterocycles. The molecule has 3 N–H and O–H groups in total. The van der Waals surface area contributed by atoms with Crippen molar-refractivity contribution in [1.82, 2.24) is 9.97 Å². The number of rotatable bonds is 7. The monoisotopic (exact) mass is 440 g/mol. The van der Waals surface area contributed by atoms with Crippen molar-refractivity contribution in [1.29, 1.82) is 0 Å². The van der Waals surface area contributed by atoms with E-state index in [2.05, 4.69) is 20.2 Å². The molecule has 1 aliphatic rings. The van der Waals surface area contributed by atoms with E-state index in [4.69, 9.17) is 17.3 Å². The number of halogens is 1. The highest BCUT2D eigenvalue weighted by Crippen LogP contribution is 2.36. The van der Waals surface area contributed by atoms with Gasteiger partial charge in [0.1, 0.15) is 17.8 Å². The molecule has 0 unspecified atom stereocenters. The third-order valence-electron chi connectivity index (χ3n) is 5.84. The maximum Gasteiger partial charge on any atom is 0.293 e. The lowest BCUT2D eigenvalue weighted by atomic mass is 9.96. The molecule has 0 radical (unpaired) electrons. The van der Waals surface area contributed by atoms with Crippen molar-refractivity contribution in [3.8, 4) is 0 Å². The Labute approximate surface area is 185 Å². The van der Waals surface area contributed by atoms with Crippen molar-refractivity contribution in [2.24, 2.45) is 11.7 Å². The molecular formula is C22H25ClN6O2. The number of aromatic nitrogens is 2. The molecule has 0 bridgehead atoms. The molecule has 4 rings (SSSR count). The minimum atomic E-state index is -0.325. The topological polar surface area (TPSA) is 110 Å². The summed E-state index contributed by atoms with van der Waals surface area (Å²) in [6.45, 7) is 2.80. The summed E-state index contributed by atoms with van der Waals surface area (Å²) in [5, 5.41) is 16.5. The Kier molecular flexibility index (Phi) is 6.48. The first-order valence-corrected chi connectivity index (χ1v) is 10.8. The van der Waals surface area contributed by atoms with Gasteiger partial charge in [-0.2, -0.15) is 0 Å². The molecule has 31 heavy (non-hydrogen) atoms. The Morgan fingerprint density at radius 2 is 1.94 bits per heavy atom. The van der Waals surface area contributed by atoms with E-state index < -0.39 is 0 Å². The average Bonchev–Trinajstić information content (AvgIpc) is 2.79. The smallest absolute Gasteiger partial charge is 0.293 e. The lowest BCUT2D eigenvalue weighted by Crippen LogP contribution is -2.36. The van der Waals surface area contributed by atoms with Crippen molar-refractivity contribution in [3.63, 3.8) is 0 Å². The maximum atomic E-state index is 11.9. The van der Waals surface area contributed by atoms with Gasteiger partial charge in [0.2, 0.25) is 0 Å². The predicted octanol–water partition coefficient (Wildman–Crippen LogP) is 4.02. The Bertz CT molecular complexity index is 1070. The van der Waals surface area contributed by atoms with Gasteiger partial charge < -0.3 is 16.0 Å². The van der Waals surface area contributed by atoms with Crippen LogP contribution < -0.4 is 16.0 Å². The van der Waals surface area contributed by atoms with Crippen LogP contribution in [-0.4, -0.2) is 41.1 Å². The third-order valence-corrected chi connectivity index (χ3v) is 6.09. The zero-order valence-corrected chi connectivity index (χ0v) is 17.9. The molecule has 0 amide bonds. The molecule has 3 aromatic rings. The lowest BCUT2D eigenvalue weighted by molar-refractivity contribution is -0.384. The van der Waals surface area contributed by atoms with Crippen LogP contribution in [0.1, 0.15) is 18.4 Å². The van der Waals surface area contributed by atoms with Crippen LogP contribution in [0.5, 0.6) is 0 Å². The summed E-state index contributed by atoms with van der Waals surface area (Å²) in [5.74, 6) is 1.07. The number of hydrogen-bond donors (Lipinski definition) is 2. The number of piperidine rings is 1.